The minimum atomic E-state index is -0.733. The van der Waals surface area contributed by atoms with Gasteiger partial charge in [-0.05, 0) is 24.3 Å². The molecule has 0 spiro atoms. The zero-order valence-electron chi connectivity index (χ0n) is 10.6. The Hall–Kier alpha value is -2.28. The summed E-state index contributed by atoms with van der Waals surface area (Å²) in [5.41, 5.74) is 5.92. The number of nitrogen functional groups attached to an aromatic ring is 1. The van der Waals surface area contributed by atoms with Crippen molar-refractivity contribution in [1.29, 1.82) is 0 Å². The van der Waals surface area contributed by atoms with Crippen molar-refractivity contribution in [3.8, 4) is 0 Å². The van der Waals surface area contributed by atoms with Crippen LogP contribution in [0.15, 0.2) is 40.9 Å². The predicted octanol–water partition coefficient (Wildman–Crippen LogP) is 4.00. The molecule has 1 heterocycles. The van der Waals surface area contributed by atoms with Crippen LogP contribution in [0, 0.1) is 11.6 Å². The quantitative estimate of drug-likeness (QED) is 0.733. The highest BCUT2D eigenvalue weighted by Gasteiger charge is 2.13. The molecule has 0 aliphatic rings. The first-order valence-corrected chi connectivity index (χ1v) is 6.78. The largest absolute Gasteiger partial charge is 0.368 e. The van der Waals surface area contributed by atoms with E-state index < -0.39 is 11.6 Å². The lowest BCUT2D eigenvalue weighted by Crippen LogP contribution is -2.04. The number of hydrogen-bond acceptors (Lipinski definition) is 4. The van der Waals surface area contributed by atoms with Crippen molar-refractivity contribution in [3.63, 3.8) is 0 Å². The zero-order valence-corrected chi connectivity index (χ0v) is 12.2. The van der Waals surface area contributed by atoms with E-state index in [2.05, 4.69) is 31.2 Å². The molecule has 7 heteroatoms. The van der Waals surface area contributed by atoms with Crippen LogP contribution in [0.4, 0.5) is 26.2 Å². The molecule has 0 aliphatic carbocycles. The summed E-state index contributed by atoms with van der Waals surface area (Å²) >= 11 is 3.03. The molecule has 0 radical (unpaired) electrons. The van der Waals surface area contributed by atoms with Crippen molar-refractivity contribution < 1.29 is 8.78 Å². The van der Waals surface area contributed by atoms with Gasteiger partial charge in [-0.3, -0.25) is 0 Å². The molecule has 1 aromatic heterocycles. The molecule has 0 saturated heterocycles. The molecule has 0 amide bonds. The summed E-state index contributed by atoms with van der Waals surface area (Å²) in [7, 11) is 0. The van der Waals surface area contributed by atoms with Gasteiger partial charge in [0.2, 0.25) is 5.95 Å². The Balaban J connectivity index is 2.15. The lowest BCUT2D eigenvalue weighted by Gasteiger charge is -2.11. The van der Waals surface area contributed by atoms with Crippen molar-refractivity contribution in [2.75, 3.05) is 11.1 Å². The van der Waals surface area contributed by atoms with E-state index in [1.165, 1.54) is 0 Å². The molecule has 3 rings (SSSR count). The van der Waals surface area contributed by atoms with Crippen molar-refractivity contribution in [2.24, 2.45) is 0 Å². The number of fused-ring (bicyclic) bond motifs is 1. The normalized spacial score (nSPS) is 10.8. The van der Waals surface area contributed by atoms with Crippen molar-refractivity contribution in [3.05, 3.63) is 52.5 Å². The maximum Gasteiger partial charge on any atom is 0.222 e. The summed E-state index contributed by atoms with van der Waals surface area (Å²) in [6, 6.07) is 9.38. The number of nitrogens with two attached hydrogens (primary N) is 1. The maximum atomic E-state index is 13.9. The number of hydrogen-bond donors (Lipinski definition) is 2. The van der Waals surface area contributed by atoms with Crippen LogP contribution in [0.2, 0.25) is 0 Å². The second-order valence-electron chi connectivity index (χ2n) is 4.32. The van der Waals surface area contributed by atoms with E-state index in [1.54, 1.807) is 24.3 Å². The highest BCUT2D eigenvalue weighted by atomic mass is 79.9. The van der Waals surface area contributed by atoms with Crippen LogP contribution in [-0.4, -0.2) is 9.97 Å². The monoisotopic (exact) mass is 350 g/mol. The van der Waals surface area contributed by atoms with Crippen LogP contribution >= 0.6 is 15.9 Å². The van der Waals surface area contributed by atoms with Crippen LogP contribution < -0.4 is 11.1 Å². The average molecular weight is 351 g/mol. The number of nitrogens with zero attached hydrogens (tertiary/aromatic N) is 2. The third kappa shape index (κ3) is 2.64. The topological polar surface area (TPSA) is 63.8 Å². The molecule has 4 nitrogen and oxygen atoms in total. The van der Waals surface area contributed by atoms with Gasteiger partial charge in [0.15, 0.2) is 11.6 Å². The third-order valence-electron chi connectivity index (χ3n) is 2.87. The third-order valence-corrected chi connectivity index (χ3v) is 3.33. The van der Waals surface area contributed by atoms with E-state index in [0.29, 0.717) is 15.4 Å². The van der Waals surface area contributed by atoms with Crippen LogP contribution in [0.3, 0.4) is 0 Å². The van der Waals surface area contributed by atoms with Crippen molar-refractivity contribution in [1.82, 2.24) is 9.97 Å². The predicted molar refractivity (Wildman–Crippen MR) is 81.3 cm³/mol. The first kappa shape index (κ1) is 13.7. The molecule has 0 bridgehead atoms. The standard InChI is InChI=1S/C14H9BrF2N4/c15-7-5-9(16)12(10(17)6-7)20-13-8-3-1-2-4-11(8)19-14(18)21-13/h1-6H,(H3,18,19,20,21). The highest BCUT2D eigenvalue weighted by molar-refractivity contribution is 9.10. The number of benzene rings is 2. The maximum absolute atomic E-state index is 13.9. The Morgan fingerprint density at radius 3 is 2.43 bits per heavy atom. The molecule has 0 unspecified atom stereocenters. The fraction of sp³-hybridized carbons (Fsp3) is 0. The molecular weight excluding hydrogens is 342 g/mol. The summed E-state index contributed by atoms with van der Waals surface area (Å²) < 4.78 is 28.1. The van der Waals surface area contributed by atoms with Gasteiger partial charge in [0.1, 0.15) is 11.5 Å². The van der Waals surface area contributed by atoms with Crippen LogP contribution in [0.1, 0.15) is 0 Å². The van der Waals surface area contributed by atoms with E-state index in [-0.39, 0.29) is 17.5 Å². The number of rotatable bonds is 2. The van der Waals surface area contributed by atoms with Gasteiger partial charge in [0, 0.05) is 9.86 Å². The first-order chi connectivity index (χ1) is 10.0. The van der Waals surface area contributed by atoms with Gasteiger partial charge < -0.3 is 11.1 Å². The molecule has 106 valence electrons. The van der Waals surface area contributed by atoms with Gasteiger partial charge in [-0.2, -0.15) is 4.98 Å². The second kappa shape index (κ2) is 5.25. The van der Waals surface area contributed by atoms with Gasteiger partial charge >= 0.3 is 0 Å². The Bertz CT molecular complexity index is 815. The zero-order chi connectivity index (χ0) is 15.0. The SMILES string of the molecule is Nc1nc(Nc2c(F)cc(Br)cc2F)c2ccccc2n1. The van der Waals surface area contributed by atoms with E-state index >= 15 is 0 Å². The summed E-state index contributed by atoms with van der Waals surface area (Å²) in [5.74, 6) is -1.20. The number of nitrogens with one attached hydrogen (secondary N) is 1. The van der Waals surface area contributed by atoms with Gasteiger partial charge in [-0.15, -0.1) is 0 Å². The molecule has 3 aromatic rings. The van der Waals surface area contributed by atoms with Crippen LogP contribution in [-0.2, 0) is 0 Å². The molecule has 21 heavy (non-hydrogen) atoms. The van der Waals surface area contributed by atoms with Crippen LogP contribution in [0.25, 0.3) is 10.9 Å². The molecular formula is C14H9BrF2N4. The Labute approximate surface area is 127 Å². The number of para-hydroxylation sites is 1. The minimum absolute atomic E-state index is 0.0223. The molecule has 0 aliphatic heterocycles. The van der Waals surface area contributed by atoms with Gasteiger partial charge in [-0.1, -0.05) is 28.1 Å². The Morgan fingerprint density at radius 2 is 1.71 bits per heavy atom. The second-order valence-corrected chi connectivity index (χ2v) is 5.23. The minimum Gasteiger partial charge on any atom is -0.368 e. The molecule has 0 fully saturated rings. The molecule has 0 saturated carbocycles. The Morgan fingerprint density at radius 1 is 1.05 bits per heavy atom. The number of anilines is 3. The summed E-state index contributed by atoms with van der Waals surface area (Å²) in [4.78, 5) is 8.08. The lowest BCUT2D eigenvalue weighted by atomic mass is 10.2. The first-order valence-electron chi connectivity index (χ1n) is 5.98. The fourth-order valence-electron chi connectivity index (χ4n) is 1.97. The van der Waals surface area contributed by atoms with Crippen molar-refractivity contribution >= 4 is 44.3 Å². The Kier molecular flexibility index (Phi) is 3.42. The van der Waals surface area contributed by atoms with E-state index in [9.17, 15) is 8.78 Å². The van der Waals surface area contributed by atoms with E-state index in [4.69, 9.17) is 5.73 Å². The average Bonchev–Trinajstić information content (AvgIpc) is 2.42. The van der Waals surface area contributed by atoms with E-state index in [1.807, 2.05) is 0 Å². The van der Waals surface area contributed by atoms with Gasteiger partial charge in [0.25, 0.3) is 0 Å². The number of halogens is 3. The van der Waals surface area contributed by atoms with E-state index in [0.717, 1.165) is 12.1 Å². The van der Waals surface area contributed by atoms with Gasteiger partial charge in [-0.25, -0.2) is 13.8 Å². The smallest absolute Gasteiger partial charge is 0.222 e. The lowest BCUT2D eigenvalue weighted by molar-refractivity contribution is 0.589. The summed E-state index contributed by atoms with van der Waals surface area (Å²) in [5, 5.41) is 3.27. The fourth-order valence-corrected chi connectivity index (χ4v) is 2.37. The van der Waals surface area contributed by atoms with Crippen molar-refractivity contribution in [2.45, 2.75) is 0 Å². The highest BCUT2D eigenvalue weighted by Crippen LogP contribution is 2.29. The summed E-state index contributed by atoms with van der Waals surface area (Å²) in [6.07, 6.45) is 0. The number of aromatic nitrogens is 2. The summed E-state index contributed by atoms with van der Waals surface area (Å²) in [6.45, 7) is 0. The van der Waals surface area contributed by atoms with Gasteiger partial charge in [0.05, 0.1) is 5.52 Å². The molecule has 2 aromatic carbocycles. The molecule has 3 N–H and O–H groups in total. The molecule has 0 atom stereocenters. The van der Waals surface area contributed by atoms with Crippen LogP contribution in [0.5, 0.6) is 0 Å².